The number of rotatable bonds is 6. The first-order valence-corrected chi connectivity index (χ1v) is 9.96. The van der Waals surface area contributed by atoms with Crippen LogP contribution in [-0.2, 0) is 4.79 Å². The molecule has 0 saturated carbocycles. The number of nitriles is 1. The van der Waals surface area contributed by atoms with Gasteiger partial charge in [-0.05, 0) is 59.7 Å². The Kier molecular flexibility index (Phi) is 7.50. The van der Waals surface area contributed by atoms with Crippen LogP contribution in [0.2, 0.25) is 10.0 Å². The molecule has 0 saturated heterocycles. The van der Waals surface area contributed by atoms with Gasteiger partial charge in [-0.3, -0.25) is 0 Å². The Morgan fingerprint density at radius 3 is 2.58 bits per heavy atom. The lowest BCUT2D eigenvalue weighted by Gasteiger charge is -2.07. The fourth-order valence-corrected chi connectivity index (χ4v) is 3.29. The van der Waals surface area contributed by atoms with Crippen molar-refractivity contribution >= 4 is 46.9 Å². The van der Waals surface area contributed by atoms with Gasteiger partial charge in [0.15, 0.2) is 0 Å². The summed E-state index contributed by atoms with van der Waals surface area (Å²) in [6.45, 7) is 0. The first kappa shape index (κ1) is 22.2. The van der Waals surface area contributed by atoms with E-state index in [2.05, 4.69) is 6.07 Å². The molecular formula is C25H17Cl2NO3. The lowest BCUT2D eigenvalue weighted by molar-refractivity contribution is -0.128. The fraction of sp³-hybridized carbons (Fsp3) is 0.0400. The lowest BCUT2D eigenvalue weighted by Crippen LogP contribution is -2.03. The number of nitrogens with zero attached hydrogens (tertiary/aromatic N) is 1. The number of methoxy groups -OCH3 is 1. The van der Waals surface area contributed by atoms with Gasteiger partial charge in [0.25, 0.3) is 0 Å². The van der Waals surface area contributed by atoms with Crippen molar-refractivity contribution in [2.45, 2.75) is 0 Å². The summed E-state index contributed by atoms with van der Waals surface area (Å²) in [5.74, 6) is 0.393. The van der Waals surface area contributed by atoms with Crippen LogP contribution in [0.3, 0.4) is 0 Å². The fourth-order valence-electron chi connectivity index (χ4n) is 2.82. The monoisotopic (exact) mass is 449 g/mol. The van der Waals surface area contributed by atoms with Crippen molar-refractivity contribution in [1.29, 1.82) is 5.26 Å². The molecule has 0 aliphatic carbocycles. The number of carbonyl (C=O) groups is 1. The molecule has 0 N–H and O–H groups in total. The van der Waals surface area contributed by atoms with E-state index in [1.165, 1.54) is 6.08 Å². The summed E-state index contributed by atoms with van der Waals surface area (Å²) in [5.41, 5.74) is 2.46. The van der Waals surface area contributed by atoms with Crippen LogP contribution >= 0.6 is 23.2 Å². The predicted octanol–water partition coefficient (Wildman–Crippen LogP) is 6.68. The van der Waals surface area contributed by atoms with Gasteiger partial charge in [-0.15, -0.1) is 0 Å². The zero-order valence-corrected chi connectivity index (χ0v) is 18.0. The summed E-state index contributed by atoms with van der Waals surface area (Å²) >= 11 is 12.0. The Labute approximate surface area is 190 Å². The van der Waals surface area contributed by atoms with E-state index in [0.717, 1.165) is 0 Å². The molecule has 0 aromatic heterocycles. The minimum atomic E-state index is -0.558. The first-order chi connectivity index (χ1) is 15.0. The van der Waals surface area contributed by atoms with Crippen molar-refractivity contribution in [3.8, 4) is 17.6 Å². The van der Waals surface area contributed by atoms with E-state index < -0.39 is 5.97 Å². The highest BCUT2D eigenvalue weighted by Gasteiger charge is 2.08. The molecule has 4 nitrogen and oxygen atoms in total. The van der Waals surface area contributed by atoms with Crippen LogP contribution in [-0.4, -0.2) is 13.1 Å². The van der Waals surface area contributed by atoms with Crippen molar-refractivity contribution in [3.05, 3.63) is 99.5 Å². The van der Waals surface area contributed by atoms with E-state index in [9.17, 15) is 10.1 Å². The van der Waals surface area contributed by atoms with Gasteiger partial charge in [0.2, 0.25) is 0 Å². The Hall–Kier alpha value is -3.52. The molecule has 0 atom stereocenters. The van der Waals surface area contributed by atoms with Crippen molar-refractivity contribution < 1.29 is 14.3 Å². The van der Waals surface area contributed by atoms with E-state index in [4.69, 9.17) is 32.7 Å². The number of hydrogen-bond acceptors (Lipinski definition) is 4. The number of allylic oxidation sites excluding steroid dienone is 1. The number of ether oxygens (including phenoxy) is 2. The van der Waals surface area contributed by atoms with E-state index in [-0.39, 0.29) is 0 Å². The molecule has 0 aliphatic rings. The Bertz CT molecular complexity index is 1210. The second-order valence-electron chi connectivity index (χ2n) is 6.36. The van der Waals surface area contributed by atoms with Crippen molar-refractivity contribution in [1.82, 2.24) is 0 Å². The first-order valence-electron chi connectivity index (χ1n) is 9.20. The van der Waals surface area contributed by atoms with Gasteiger partial charge in [0.1, 0.15) is 11.5 Å². The maximum absolute atomic E-state index is 12.2. The Morgan fingerprint density at radius 1 is 1.03 bits per heavy atom. The van der Waals surface area contributed by atoms with Gasteiger partial charge in [-0.2, -0.15) is 5.26 Å². The van der Waals surface area contributed by atoms with Crippen LogP contribution in [0.25, 0.3) is 17.7 Å². The molecular weight excluding hydrogens is 433 g/mol. The standard InChI is InChI=1S/C25H17Cl2NO3/c1-30-24-8-3-2-7-22(24)19(16-28)13-17-5-4-6-21(14-17)31-25(29)12-10-18-9-11-20(26)15-23(18)27/h2-15H,1H3/b12-10+,19-13-. The maximum Gasteiger partial charge on any atom is 0.336 e. The smallest absolute Gasteiger partial charge is 0.336 e. The molecule has 0 aliphatic heterocycles. The zero-order chi connectivity index (χ0) is 22.2. The third kappa shape index (κ3) is 5.99. The lowest BCUT2D eigenvalue weighted by atomic mass is 10.0. The molecule has 0 spiro atoms. The van der Waals surface area contributed by atoms with Crippen LogP contribution in [0.15, 0.2) is 72.8 Å². The molecule has 154 valence electrons. The van der Waals surface area contributed by atoms with Crippen LogP contribution in [0.5, 0.6) is 11.5 Å². The molecule has 6 heteroatoms. The largest absolute Gasteiger partial charge is 0.496 e. The summed E-state index contributed by atoms with van der Waals surface area (Å²) in [5, 5.41) is 10.6. The summed E-state index contributed by atoms with van der Waals surface area (Å²) in [6, 6.07) is 21.3. The topological polar surface area (TPSA) is 59.3 Å². The maximum atomic E-state index is 12.2. The highest BCUT2D eigenvalue weighted by Crippen LogP contribution is 2.28. The van der Waals surface area contributed by atoms with Gasteiger partial charge >= 0.3 is 5.97 Å². The molecule has 0 bridgehead atoms. The zero-order valence-electron chi connectivity index (χ0n) is 16.5. The summed E-state index contributed by atoms with van der Waals surface area (Å²) in [7, 11) is 1.55. The average Bonchev–Trinajstić information content (AvgIpc) is 2.77. The van der Waals surface area contributed by atoms with Gasteiger partial charge < -0.3 is 9.47 Å². The van der Waals surface area contributed by atoms with E-state index in [1.54, 1.807) is 61.7 Å². The normalized spacial score (nSPS) is 11.2. The van der Waals surface area contributed by atoms with Crippen molar-refractivity contribution in [2.24, 2.45) is 0 Å². The minimum absolute atomic E-state index is 0.350. The quantitative estimate of drug-likeness (QED) is 0.138. The van der Waals surface area contributed by atoms with E-state index in [0.29, 0.717) is 43.8 Å². The van der Waals surface area contributed by atoms with Crippen LogP contribution in [0.4, 0.5) is 0 Å². The number of benzene rings is 3. The second kappa shape index (κ2) is 10.5. The predicted molar refractivity (Wildman–Crippen MR) is 124 cm³/mol. The van der Waals surface area contributed by atoms with Gasteiger partial charge in [0.05, 0.1) is 18.8 Å². The number of carbonyl (C=O) groups excluding carboxylic acids is 1. The number of halogens is 2. The molecule has 3 aromatic rings. The minimum Gasteiger partial charge on any atom is -0.496 e. The van der Waals surface area contributed by atoms with Crippen LogP contribution in [0, 0.1) is 11.3 Å². The van der Waals surface area contributed by atoms with Crippen LogP contribution in [0.1, 0.15) is 16.7 Å². The molecule has 0 amide bonds. The van der Waals surface area contributed by atoms with Crippen LogP contribution < -0.4 is 9.47 Å². The van der Waals surface area contributed by atoms with Gasteiger partial charge in [-0.1, -0.05) is 53.5 Å². The third-order valence-corrected chi connectivity index (χ3v) is 4.83. The molecule has 0 radical (unpaired) electrons. The van der Waals surface area contributed by atoms with Crippen molar-refractivity contribution in [2.75, 3.05) is 7.11 Å². The number of esters is 1. The highest BCUT2D eigenvalue weighted by molar-refractivity contribution is 6.35. The Morgan fingerprint density at radius 2 is 1.84 bits per heavy atom. The van der Waals surface area contributed by atoms with Gasteiger partial charge in [0, 0.05) is 21.7 Å². The third-order valence-electron chi connectivity index (χ3n) is 4.27. The molecule has 3 rings (SSSR count). The molecule has 3 aromatic carbocycles. The summed E-state index contributed by atoms with van der Waals surface area (Å²) in [6.07, 6.45) is 4.55. The number of para-hydroxylation sites is 1. The molecule has 31 heavy (non-hydrogen) atoms. The second-order valence-corrected chi connectivity index (χ2v) is 7.21. The Balaban J connectivity index is 1.78. The highest BCUT2D eigenvalue weighted by atomic mass is 35.5. The SMILES string of the molecule is COc1ccccc1/C(C#N)=C\c1cccc(OC(=O)/C=C/c2ccc(Cl)cc2Cl)c1. The average molecular weight is 450 g/mol. The van der Waals surface area contributed by atoms with Gasteiger partial charge in [-0.25, -0.2) is 4.79 Å². The van der Waals surface area contributed by atoms with E-state index in [1.807, 2.05) is 24.3 Å². The summed E-state index contributed by atoms with van der Waals surface area (Å²) < 4.78 is 10.7. The van der Waals surface area contributed by atoms with Crippen molar-refractivity contribution in [3.63, 3.8) is 0 Å². The molecule has 0 heterocycles. The summed E-state index contributed by atoms with van der Waals surface area (Å²) in [4.78, 5) is 12.2. The number of hydrogen-bond donors (Lipinski definition) is 0. The van der Waals surface area contributed by atoms with E-state index >= 15 is 0 Å². The molecule has 0 fully saturated rings. The molecule has 0 unspecified atom stereocenters.